The van der Waals surface area contributed by atoms with Gasteiger partial charge in [0.25, 0.3) is 11.8 Å². The molecule has 0 unspecified atom stereocenters. The fourth-order valence-electron chi connectivity index (χ4n) is 2.58. The lowest BCUT2D eigenvalue weighted by molar-refractivity contribution is -0.128. The number of thioether (sulfide) groups is 1. The van der Waals surface area contributed by atoms with Gasteiger partial charge >= 0.3 is 0 Å². The quantitative estimate of drug-likeness (QED) is 0.398. The number of amides is 2. The van der Waals surface area contributed by atoms with Crippen molar-refractivity contribution < 1.29 is 19.1 Å². The van der Waals surface area contributed by atoms with E-state index in [1.165, 1.54) is 4.90 Å². The van der Waals surface area contributed by atoms with Crippen molar-refractivity contribution in [3.05, 3.63) is 59.0 Å². The number of hydrogen-bond acceptors (Lipinski definition) is 7. The Morgan fingerprint density at radius 3 is 2.55 bits per heavy atom. The number of ether oxygens (including phenoxy) is 2. The van der Waals surface area contributed by atoms with Crippen LogP contribution < -0.4 is 20.3 Å². The summed E-state index contributed by atoms with van der Waals surface area (Å²) in [5.74, 6) is 0.463. The van der Waals surface area contributed by atoms with Crippen LogP contribution in [0.25, 0.3) is 6.08 Å². The van der Waals surface area contributed by atoms with Crippen LogP contribution in [0.1, 0.15) is 5.56 Å². The summed E-state index contributed by atoms with van der Waals surface area (Å²) in [4.78, 5) is 26.6. The molecule has 0 aliphatic carbocycles. The van der Waals surface area contributed by atoms with E-state index in [1.807, 2.05) is 36.4 Å². The van der Waals surface area contributed by atoms with Crippen molar-refractivity contribution >= 4 is 51.9 Å². The minimum atomic E-state index is -0.377. The Hall–Kier alpha value is -3.04. The normalized spacial score (nSPS) is 14.8. The molecule has 150 valence electrons. The minimum absolute atomic E-state index is 0.173. The van der Waals surface area contributed by atoms with Gasteiger partial charge in [0.2, 0.25) is 0 Å². The second-order valence-electron chi connectivity index (χ2n) is 5.92. The minimum Gasteiger partial charge on any atom is -0.493 e. The average Bonchev–Trinajstić information content (AvgIpc) is 3.00. The van der Waals surface area contributed by atoms with Gasteiger partial charge < -0.3 is 9.47 Å². The van der Waals surface area contributed by atoms with Gasteiger partial charge in [-0.1, -0.05) is 48.2 Å². The molecule has 2 N–H and O–H groups in total. The van der Waals surface area contributed by atoms with Gasteiger partial charge in [-0.2, -0.15) is 0 Å². The van der Waals surface area contributed by atoms with Crippen molar-refractivity contribution in [3.63, 3.8) is 0 Å². The molecule has 0 bridgehead atoms. The van der Waals surface area contributed by atoms with Gasteiger partial charge in [0.1, 0.15) is 10.9 Å². The van der Waals surface area contributed by atoms with Crippen LogP contribution in [0.2, 0.25) is 0 Å². The summed E-state index contributed by atoms with van der Waals surface area (Å²) in [7, 11) is 3.10. The molecule has 0 aromatic heterocycles. The van der Waals surface area contributed by atoms with E-state index in [0.717, 1.165) is 23.0 Å². The standard InChI is InChI=1S/C20H19N3O4S2/c1-26-15-9-8-13(10-16(15)27-2)11-17-19(25)23(20(28)29-17)12-18(24)22-21-14-6-4-3-5-7-14/h3-11,21H,12H2,1-2H3,(H,22,24). The molecule has 2 amide bonds. The Bertz CT molecular complexity index is 963. The fourth-order valence-corrected chi connectivity index (χ4v) is 3.83. The zero-order valence-corrected chi connectivity index (χ0v) is 17.4. The molecule has 1 saturated heterocycles. The summed E-state index contributed by atoms with van der Waals surface area (Å²) < 4.78 is 10.8. The predicted octanol–water partition coefficient (Wildman–Crippen LogP) is 3.05. The number of para-hydroxylation sites is 1. The highest BCUT2D eigenvalue weighted by molar-refractivity contribution is 8.26. The van der Waals surface area contributed by atoms with Crippen LogP contribution in [-0.2, 0) is 9.59 Å². The number of anilines is 1. The lowest BCUT2D eigenvalue weighted by atomic mass is 10.2. The lowest BCUT2D eigenvalue weighted by Gasteiger charge is -2.15. The Morgan fingerprint density at radius 2 is 1.86 bits per heavy atom. The van der Waals surface area contributed by atoms with Crippen molar-refractivity contribution in [2.75, 3.05) is 26.2 Å². The van der Waals surface area contributed by atoms with E-state index < -0.39 is 0 Å². The van der Waals surface area contributed by atoms with E-state index in [2.05, 4.69) is 10.9 Å². The van der Waals surface area contributed by atoms with Crippen LogP contribution in [0.4, 0.5) is 5.69 Å². The molecule has 0 saturated carbocycles. The first kappa shape index (κ1) is 20.7. The van der Waals surface area contributed by atoms with Crippen LogP contribution in [0.3, 0.4) is 0 Å². The second-order valence-corrected chi connectivity index (χ2v) is 7.60. The summed E-state index contributed by atoms with van der Waals surface area (Å²) >= 11 is 6.43. The third-order valence-electron chi connectivity index (χ3n) is 4.00. The van der Waals surface area contributed by atoms with Crippen molar-refractivity contribution in [1.82, 2.24) is 10.3 Å². The summed E-state index contributed by atoms with van der Waals surface area (Å²) in [6.45, 7) is -0.173. The summed E-state index contributed by atoms with van der Waals surface area (Å²) in [5, 5.41) is 0. The number of benzene rings is 2. The smallest absolute Gasteiger partial charge is 0.266 e. The fraction of sp³-hybridized carbons (Fsp3) is 0.150. The van der Waals surface area contributed by atoms with Crippen molar-refractivity contribution in [3.8, 4) is 11.5 Å². The molecule has 7 nitrogen and oxygen atoms in total. The van der Waals surface area contributed by atoms with E-state index in [9.17, 15) is 9.59 Å². The number of carbonyl (C=O) groups is 2. The largest absolute Gasteiger partial charge is 0.493 e. The van der Waals surface area contributed by atoms with Crippen molar-refractivity contribution in [2.45, 2.75) is 0 Å². The average molecular weight is 430 g/mol. The van der Waals surface area contributed by atoms with E-state index in [0.29, 0.717) is 20.7 Å². The van der Waals surface area contributed by atoms with Gasteiger partial charge in [-0.3, -0.25) is 25.3 Å². The van der Waals surface area contributed by atoms with Gasteiger partial charge in [0.15, 0.2) is 11.5 Å². The Balaban J connectivity index is 1.66. The van der Waals surface area contributed by atoms with E-state index in [1.54, 1.807) is 32.4 Å². The molecule has 1 aliphatic rings. The van der Waals surface area contributed by atoms with Gasteiger partial charge in [-0.15, -0.1) is 0 Å². The van der Waals surface area contributed by atoms with Gasteiger partial charge in [-0.25, -0.2) is 0 Å². The van der Waals surface area contributed by atoms with Crippen LogP contribution in [0.15, 0.2) is 53.4 Å². The van der Waals surface area contributed by atoms with E-state index >= 15 is 0 Å². The Morgan fingerprint density at radius 1 is 1.14 bits per heavy atom. The zero-order valence-electron chi connectivity index (χ0n) is 15.8. The van der Waals surface area contributed by atoms with Gasteiger partial charge in [-0.05, 0) is 35.9 Å². The van der Waals surface area contributed by atoms with Gasteiger partial charge in [0.05, 0.1) is 24.8 Å². The Labute approximate surface area is 178 Å². The van der Waals surface area contributed by atoms with Crippen molar-refractivity contribution in [1.29, 1.82) is 0 Å². The molecule has 1 fully saturated rings. The highest BCUT2D eigenvalue weighted by atomic mass is 32.2. The number of hydrazine groups is 1. The van der Waals surface area contributed by atoms with Crippen LogP contribution >= 0.6 is 24.0 Å². The number of hydrogen-bond donors (Lipinski definition) is 2. The first-order valence-corrected chi connectivity index (χ1v) is 9.81. The molecule has 2 aromatic rings. The molecule has 0 atom stereocenters. The lowest BCUT2D eigenvalue weighted by Crippen LogP contribution is -2.41. The number of thiocarbonyl (C=S) groups is 1. The van der Waals surface area contributed by atoms with E-state index in [-0.39, 0.29) is 18.4 Å². The molecular formula is C20H19N3O4S2. The first-order chi connectivity index (χ1) is 14.0. The topological polar surface area (TPSA) is 79.9 Å². The predicted molar refractivity (Wildman–Crippen MR) is 118 cm³/mol. The third kappa shape index (κ3) is 5.07. The molecule has 3 rings (SSSR count). The number of rotatable bonds is 7. The maximum Gasteiger partial charge on any atom is 0.266 e. The molecule has 1 aliphatic heterocycles. The van der Waals surface area contributed by atoms with Crippen LogP contribution in [-0.4, -0.2) is 41.8 Å². The summed E-state index contributed by atoms with van der Waals surface area (Å²) in [5.41, 5.74) is 6.85. The molecule has 29 heavy (non-hydrogen) atoms. The highest BCUT2D eigenvalue weighted by Crippen LogP contribution is 2.34. The number of nitrogens with one attached hydrogen (secondary N) is 2. The molecule has 0 spiro atoms. The van der Waals surface area contributed by atoms with E-state index in [4.69, 9.17) is 21.7 Å². The molecule has 0 radical (unpaired) electrons. The highest BCUT2D eigenvalue weighted by Gasteiger charge is 2.33. The summed E-state index contributed by atoms with van der Waals surface area (Å²) in [6.07, 6.45) is 1.71. The van der Waals surface area contributed by atoms with Gasteiger partial charge in [0, 0.05) is 0 Å². The second kappa shape index (κ2) is 9.44. The monoisotopic (exact) mass is 429 g/mol. The van der Waals surface area contributed by atoms with Crippen molar-refractivity contribution in [2.24, 2.45) is 0 Å². The summed E-state index contributed by atoms with van der Waals surface area (Å²) in [6, 6.07) is 14.5. The molecule has 9 heteroatoms. The van der Waals surface area contributed by atoms with Crippen LogP contribution in [0.5, 0.6) is 11.5 Å². The van der Waals surface area contributed by atoms with Crippen LogP contribution in [0, 0.1) is 0 Å². The molecular weight excluding hydrogens is 410 g/mol. The maximum absolute atomic E-state index is 12.7. The molecule has 2 aromatic carbocycles. The zero-order chi connectivity index (χ0) is 20.8. The number of carbonyl (C=O) groups excluding carboxylic acids is 2. The molecule has 1 heterocycles. The maximum atomic E-state index is 12.7. The third-order valence-corrected chi connectivity index (χ3v) is 5.38. The first-order valence-electron chi connectivity index (χ1n) is 8.59. The number of methoxy groups -OCH3 is 2. The number of nitrogens with zero attached hydrogens (tertiary/aromatic N) is 1. The Kier molecular flexibility index (Phi) is 6.73. The SMILES string of the molecule is COc1ccc(C=C2SC(=S)N(CC(=O)NNc3ccccc3)C2=O)cc1OC.